The Morgan fingerprint density at radius 3 is 2.75 bits per heavy atom. The van der Waals surface area contributed by atoms with E-state index < -0.39 is 5.97 Å². The lowest BCUT2D eigenvalue weighted by molar-refractivity contribution is 0.0367. The van der Waals surface area contributed by atoms with Gasteiger partial charge in [-0.15, -0.1) is 0 Å². The molecule has 2 aliphatic rings. The number of likely N-dealkylation sites (tertiary alicyclic amines) is 1. The van der Waals surface area contributed by atoms with Gasteiger partial charge in [0.15, 0.2) is 0 Å². The first-order valence-corrected chi connectivity index (χ1v) is 11.4. The SMILES string of the molecule is Nc1c(Cl)cc(C(=O)OCC2CCN(CCCOc3ccc(F)cc3)CC2)c2c1CCO2. The Bertz CT molecular complexity index is 946. The molecule has 1 fully saturated rings. The maximum Gasteiger partial charge on any atom is 0.341 e. The third-order valence-corrected chi connectivity index (χ3v) is 6.36. The van der Waals surface area contributed by atoms with Crippen molar-refractivity contribution in [3.8, 4) is 11.5 Å². The number of benzene rings is 2. The van der Waals surface area contributed by atoms with Crippen LogP contribution in [0.15, 0.2) is 30.3 Å². The van der Waals surface area contributed by atoms with Crippen LogP contribution in [0.25, 0.3) is 0 Å². The van der Waals surface area contributed by atoms with Crippen LogP contribution < -0.4 is 15.2 Å². The molecule has 0 aromatic heterocycles. The van der Waals surface area contributed by atoms with Crippen molar-refractivity contribution in [2.24, 2.45) is 5.92 Å². The number of fused-ring (bicyclic) bond motifs is 1. The van der Waals surface area contributed by atoms with E-state index in [0.717, 1.165) is 44.5 Å². The molecule has 2 aromatic rings. The highest BCUT2D eigenvalue weighted by Crippen LogP contribution is 2.39. The molecule has 0 bridgehead atoms. The number of nitrogens with two attached hydrogens (primary N) is 1. The molecule has 0 aliphatic carbocycles. The second-order valence-corrected chi connectivity index (χ2v) is 8.67. The van der Waals surface area contributed by atoms with Gasteiger partial charge in [-0.2, -0.15) is 0 Å². The molecule has 0 atom stereocenters. The minimum atomic E-state index is -0.412. The summed E-state index contributed by atoms with van der Waals surface area (Å²) in [5, 5.41) is 0.359. The highest BCUT2D eigenvalue weighted by molar-refractivity contribution is 6.33. The number of ether oxygens (including phenoxy) is 3. The van der Waals surface area contributed by atoms with E-state index in [-0.39, 0.29) is 5.82 Å². The number of piperidine rings is 1. The highest BCUT2D eigenvalue weighted by Gasteiger charge is 2.27. The monoisotopic (exact) mass is 462 g/mol. The summed E-state index contributed by atoms with van der Waals surface area (Å²) in [4.78, 5) is 15.0. The van der Waals surface area contributed by atoms with Gasteiger partial charge in [-0.1, -0.05) is 11.6 Å². The summed E-state index contributed by atoms with van der Waals surface area (Å²) in [6, 6.07) is 7.62. The number of nitrogen functional groups attached to an aromatic ring is 1. The van der Waals surface area contributed by atoms with E-state index in [9.17, 15) is 9.18 Å². The minimum absolute atomic E-state index is 0.264. The zero-order chi connectivity index (χ0) is 22.5. The number of esters is 1. The van der Waals surface area contributed by atoms with Gasteiger partial charge in [0.2, 0.25) is 0 Å². The summed E-state index contributed by atoms with van der Waals surface area (Å²) >= 11 is 6.18. The van der Waals surface area contributed by atoms with Crippen molar-refractivity contribution >= 4 is 23.3 Å². The molecule has 6 nitrogen and oxygen atoms in total. The smallest absolute Gasteiger partial charge is 0.341 e. The van der Waals surface area contributed by atoms with Gasteiger partial charge in [0.25, 0.3) is 0 Å². The largest absolute Gasteiger partial charge is 0.494 e. The van der Waals surface area contributed by atoms with Crippen LogP contribution in [-0.4, -0.2) is 50.3 Å². The van der Waals surface area contributed by atoms with Crippen LogP contribution in [-0.2, 0) is 11.2 Å². The highest BCUT2D eigenvalue weighted by atomic mass is 35.5. The minimum Gasteiger partial charge on any atom is -0.494 e. The van der Waals surface area contributed by atoms with Crippen LogP contribution >= 0.6 is 11.6 Å². The topological polar surface area (TPSA) is 74.0 Å². The Morgan fingerprint density at radius 1 is 1.25 bits per heavy atom. The summed E-state index contributed by atoms with van der Waals surface area (Å²) in [7, 11) is 0. The maximum atomic E-state index is 12.9. The number of anilines is 1. The van der Waals surface area contributed by atoms with Crippen molar-refractivity contribution < 1.29 is 23.4 Å². The number of carbonyl (C=O) groups excluding carboxylic acids is 1. The Kier molecular flexibility index (Phi) is 7.37. The molecule has 0 spiro atoms. The molecule has 0 saturated carbocycles. The second kappa shape index (κ2) is 10.4. The number of hydrogen-bond donors (Lipinski definition) is 1. The van der Waals surface area contributed by atoms with Crippen molar-refractivity contribution in [3.63, 3.8) is 0 Å². The Hall–Kier alpha value is -2.51. The number of carbonyl (C=O) groups is 1. The predicted octanol–water partition coefficient (Wildman–Crippen LogP) is 4.33. The average Bonchev–Trinajstić information content (AvgIpc) is 3.30. The lowest BCUT2D eigenvalue weighted by Crippen LogP contribution is -2.36. The first kappa shape index (κ1) is 22.7. The molecule has 2 heterocycles. The van der Waals surface area contributed by atoms with Gasteiger partial charge in [0.05, 0.1) is 30.5 Å². The third-order valence-electron chi connectivity index (χ3n) is 6.05. The summed E-state index contributed by atoms with van der Waals surface area (Å²) < 4.78 is 29.8. The Balaban J connectivity index is 1.17. The number of rotatable bonds is 8. The molecular weight excluding hydrogens is 435 g/mol. The first-order chi connectivity index (χ1) is 15.5. The lowest BCUT2D eigenvalue weighted by atomic mass is 9.97. The third kappa shape index (κ3) is 5.45. The molecular formula is C24H28ClFN2O4. The molecule has 0 radical (unpaired) electrons. The lowest BCUT2D eigenvalue weighted by Gasteiger charge is -2.31. The molecule has 8 heteroatoms. The Labute approximate surface area is 192 Å². The molecule has 2 aromatic carbocycles. The normalized spacial score (nSPS) is 16.4. The van der Waals surface area contributed by atoms with Crippen LogP contribution in [0.4, 0.5) is 10.1 Å². The van der Waals surface area contributed by atoms with Crippen molar-refractivity contribution in [1.29, 1.82) is 0 Å². The summed E-state index contributed by atoms with van der Waals surface area (Å²) in [5.74, 6) is 0.856. The van der Waals surface area contributed by atoms with Crippen molar-refractivity contribution in [3.05, 3.63) is 52.3 Å². The standard InChI is InChI=1S/C24H28ClFN2O4/c25-21-14-20(23-19(22(21)27)8-13-31-23)24(29)32-15-16-6-10-28(11-7-16)9-1-12-30-18-4-2-17(26)3-5-18/h2-5,14,16H,1,6-13,15,27H2. The zero-order valence-corrected chi connectivity index (χ0v) is 18.7. The number of hydrogen-bond acceptors (Lipinski definition) is 6. The van der Waals surface area contributed by atoms with E-state index in [0.29, 0.717) is 59.9 Å². The average molecular weight is 463 g/mol. The van der Waals surface area contributed by atoms with E-state index >= 15 is 0 Å². The van der Waals surface area contributed by atoms with Crippen LogP contribution in [0.1, 0.15) is 35.2 Å². The van der Waals surface area contributed by atoms with E-state index in [4.69, 9.17) is 31.5 Å². The number of halogens is 2. The Morgan fingerprint density at radius 2 is 2.00 bits per heavy atom. The maximum absolute atomic E-state index is 12.9. The van der Waals surface area contributed by atoms with Crippen molar-refractivity contribution in [2.45, 2.75) is 25.7 Å². The van der Waals surface area contributed by atoms with Crippen molar-refractivity contribution in [1.82, 2.24) is 4.90 Å². The fourth-order valence-corrected chi connectivity index (χ4v) is 4.40. The predicted molar refractivity (Wildman–Crippen MR) is 121 cm³/mol. The fraction of sp³-hybridized carbons (Fsp3) is 0.458. The van der Waals surface area contributed by atoms with E-state index in [1.165, 1.54) is 12.1 Å². The molecule has 4 rings (SSSR count). The summed E-state index contributed by atoms with van der Waals surface area (Å²) in [5.41, 5.74) is 7.62. The second-order valence-electron chi connectivity index (χ2n) is 8.27. The fourth-order valence-electron chi connectivity index (χ4n) is 4.18. The summed E-state index contributed by atoms with van der Waals surface area (Å²) in [6.45, 7) is 4.35. The van der Waals surface area contributed by atoms with E-state index in [1.807, 2.05) is 0 Å². The van der Waals surface area contributed by atoms with Gasteiger partial charge in [0, 0.05) is 18.5 Å². The van der Waals surface area contributed by atoms with Gasteiger partial charge in [-0.05, 0) is 68.6 Å². The van der Waals surface area contributed by atoms with Crippen LogP contribution in [0, 0.1) is 11.7 Å². The van der Waals surface area contributed by atoms with Gasteiger partial charge in [-0.25, -0.2) is 9.18 Å². The molecule has 2 N–H and O–H groups in total. The van der Waals surface area contributed by atoms with Crippen LogP contribution in [0.2, 0.25) is 5.02 Å². The zero-order valence-electron chi connectivity index (χ0n) is 17.9. The van der Waals surface area contributed by atoms with Crippen LogP contribution in [0.5, 0.6) is 11.5 Å². The van der Waals surface area contributed by atoms with E-state index in [1.54, 1.807) is 18.2 Å². The van der Waals surface area contributed by atoms with E-state index in [2.05, 4.69) is 4.90 Å². The molecule has 1 saturated heterocycles. The van der Waals surface area contributed by atoms with Crippen molar-refractivity contribution in [2.75, 3.05) is 45.2 Å². The molecule has 0 unspecified atom stereocenters. The molecule has 32 heavy (non-hydrogen) atoms. The molecule has 172 valence electrons. The number of nitrogens with zero attached hydrogens (tertiary/aromatic N) is 1. The van der Waals surface area contributed by atoms with Crippen LogP contribution in [0.3, 0.4) is 0 Å². The van der Waals surface area contributed by atoms with Gasteiger partial charge >= 0.3 is 5.97 Å². The summed E-state index contributed by atoms with van der Waals surface area (Å²) in [6.07, 6.45) is 3.50. The molecule has 0 amide bonds. The molecule has 2 aliphatic heterocycles. The van der Waals surface area contributed by atoms with Gasteiger partial charge in [0.1, 0.15) is 22.9 Å². The van der Waals surface area contributed by atoms with Gasteiger partial charge < -0.3 is 24.8 Å². The quantitative estimate of drug-likeness (QED) is 0.357. The first-order valence-electron chi connectivity index (χ1n) is 11.0. The van der Waals surface area contributed by atoms with Gasteiger partial charge in [-0.3, -0.25) is 0 Å².